The zero-order valence-corrected chi connectivity index (χ0v) is 11.6. The number of nitro benzene ring substituents is 1. The summed E-state index contributed by atoms with van der Waals surface area (Å²) in [5.74, 6) is -0.402. The summed E-state index contributed by atoms with van der Waals surface area (Å²) in [4.78, 5) is 22.3. The summed E-state index contributed by atoms with van der Waals surface area (Å²) in [6.45, 7) is 4.04. The third kappa shape index (κ3) is 4.20. The van der Waals surface area contributed by atoms with Gasteiger partial charge in [-0.25, -0.2) is 0 Å². The lowest BCUT2D eigenvalue weighted by molar-refractivity contribution is -0.385. The maximum atomic E-state index is 12.0. The molecule has 0 fully saturated rings. The fraction of sp³-hybridized carbons (Fsp3) is 0.462. The van der Waals surface area contributed by atoms with Crippen LogP contribution in [0.15, 0.2) is 18.2 Å². The van der Waals surface area contributed by atoms with Crippen molar-refractivity contribution in [1.82, 2.24) is 10.6 Å². The molecule has 0 saturated carbocycles. The molecule has 0 aliphatic carbocycles. The normalized spacial score (nSPS) is 10.1. The predicted molar refractivity (Wildman–Crippen MR) is 75.1 cm³/mol. The molecule has 7 heteroatoms. The highest BCUT2D eigenvalue weighted by molar-refractivity contribution is 5.98. The van der Waals surface area contributed by atoms with E-state index in [2.05, 4.69) is 17.6 Å². The first-order valence-corrected chi connectivity index (χ1v) is 6.42. The number of nitrogens with one attached hydrogen (secondary N) is 2. The number of hydrogen-bond donors (Lipinski definition) is 2. The molecule has 1 amide bonds. The van der Waals surface area contributed by atoms with Gasteiger partial charge in [0.15, 0.2) is 0 Å². The molecule has 7 nitrogen and oxygen atoms in total. The van der Waals surface area contributed by atoms with Crippen molar-refractivity contribution in [3.63, 3.8) is 0 Å². The van der Waals surface area contributed by atoms with Crippen molar-refractivity contribution in [3.05, 3.63) is 33.9 Å². The second-order valence-corrected chi connectivity index (χ2v) is 4.12. The quantitative estimate of drug-likeness (QED) is 0.426. The first-order chi connectivity index (χ1) is 9.61. The second kappa shape index (κ2) is 8.11. The summed E-state index contributed by atoms with van der Waals surface area (Å²) in [5, 5.41) is 16.7. The molecule has 1 aromatic rings. The SMILES string of the molecule is CCCNCCNC(=O)c1cccc([N+](=O)[O-])c1OC. The van der Waals surface area contributed by atoms with Crippen molar-refractivity contribution >= 4 is 11.6 Å². The molecular weight excluding hydrogens is 262 g/mol. The Morgan fingerprint density at radius 1 is 1.35 bits per heavy atom. The van der Waals surface area contributed by atoms with Crippen LogP contribution in [0.3, 0.4) is 0 Å². The molecule has 20 heavy (non-hydrogen) atoms. The largest absolute Gasteiger partial charge is 0.490 e. The molecule has 0 aliphatic heterocycles. The third-order valence-corrected chi connectivity index (χ3v) is 2.65. The highest BCUT2D eigenvalue weighted by atomic mass is 16.6. The number of nitro groups is 1. The van der Waals surface area contributed by atoms with E-state index in [0.717, 1.165) is 13.0 Å². The number of para-hydroxylation sites is 1. The highest BCUT2D eigenvalue weighted by Gasteiger charge is 2.22. The number of carbonyl (C=O) groups excluding carboxylic acids is 1. The van der Waals surface area contributed by atoms with Gasteiger partial charge in [-0.3, -0.25) is 14.9 Å². The molecule has 110 valence electrons. The topological polar surface area (TPSA) is 93.5 Å². The van der Waals surface area contributed by atoms with Gasteiger partial charge in [-0.2, -0.15) is 0 Å². The number of ether oxygens (including phenoxy) is 1. The molecule has 0 saturated heterocycles. The van der Waals surface area contributed by atoms with Crippen LogP contribution in [-0.4, -0.2) is 37.6 Å². The Balaban J connectivity index is 2.72. The van der Waals surface area contributed by atoms with Gasteiger partial charge in [0.2, 0.25) is 5.75 Å². The number of nitrogens with zero attached hydrogens (tertiary/aromatic N) is 1. The van der Waals surface area contributed by atoms with E-state index in [0.29, 0.717) is 13.1 Å². The molecule has 0 aromatic heterocycles. The van der Waals surface area contributed by atoms with Crippen LogP contribution in [0, 0.1) is 10.1 Å². The van der Waals surface area contributed by atoms with Crippen LogP contribution in [0.2, 0.25) is 0 Å². The fourth-order valence-electron chi connectivity index (χ4n) is 1.72. The number of amides is 1. The van der Waals surface area contributed by atoms with Gasteiger partial charge in [0.05, 0.1) is 17.6 Å². The zero-order valence-electron chi connectivity index (χ0n) is 11.6. The predicted octanol–water partition coefficient (Wildman–Crippen LogP) is 1.33. The Hall–Kier alpha value is -2.15. The molecule has 0 spiro atoms. The third-order valence-electron chi connectivity index (χ3n) is 2.65. The first kappa shape index (κ1) is 15.9. The maximum absolute atomic E-state index is 12.0. The van der Waals surface area contributed by atoms with Crippen LogP contribution in [0.5, 0.6) is 5.75 Å². The van der Waals surface area contributed by atoms with Crippen molar-refractivity contribution in [2.45, 2.75) is 13.3 Å². The van der Waals surface area contributed by atoms with Crippen molar-refractivity contribution in [3.8, 4) is 5.75 Å². The zero-order chi connectivity index (χ0) is 15.0. The van der Waals surface area contributed by atoms with E-state index in [9.17, 15) is 14.9 Å². The Morgan fingerprint density at radius 3 is 2.70 bits per heavy atom. The molecule has 0 heterocycles. The summed E-state index contributed by atoms with van der Waals surface area (Å²) in [5.41, 5.74) is -0.0542. The van der Waals surface area contributed by atoms with E-state index in [4.69, 9.17) is 4.74 Å². The molecular formula is C13H19N3O4. The minimum absolute atomic E-state index is 0.0171. The first-order valence-electron chi connectivity index (χ1n) is 6.42. The van der Waals surface area contributed by atoms with Gasteiger partial charge in [-0.15, -0.1) is 0 Å². The van der Waals surface area contributed by atoms with E-state index in [1.165, 1.54) is 25.3 Å². The molecule has 0 unspecified atom stereocenters. The van der Waals surface area contributed by atoms with Crippen LogP contribution in [-0.2, 0) is 0 Å². The van der Waals surface area contributed by atoms with Crippen LogP contribution < -0.4 is 15.4 Å². The van der Waals surface area contributed by atoms with Gasteiger partial charge in [-0.05, 0) is 19.0 Å². The second-order valence-electron chi connectivity index (χ2n) is 4.12. The Labute approximate surface area is 117 Å². The highest BCUT2D eigenvalue weighted by Crippen LogP contribution is 2.30. The minimum atomic E-state index is -0.571. The van der Waals surface area contributed by atoms with E-state index in [-0.39, 0.29) is 22.9 Å². The molecule has 1 aromatic carbocycles. The van der Waals surface area contributed by atoms with Gasteiger partial charge in [0.1, 0.15) is 0 Å². The molecule has 0 bridgehead atoms. The number of benzene rings is 1. The van der Waals surface area contributed by atoms with Crippen LogP contribution in [0.1, 0.15) is 23.7 Å². The van der Waals surface area contributed by atoms with Gasteiger partial charge in [0.25, 0.3) is 5.91 Å². The van der Waals surface area contributed by atoms with Gasteiger partial charge < -0.3 is 15.4 Å². The summed E-state index contributed by atoms with van der Waals surface area (Å²) in [7, 11) is 1.31. The summed E-state index contributed by atoms with van der Waals surface area (Å²) in [6, 6.07) is 4.27. The van der Waals surface area contributed by atoms with Crippen molar-refractivity contribution in [2.75, 3.05) is 26.7 Å². The summed E-state index contributed by atoms with van der Waals surface area (Å²) >= 11 is 0. The fourth-order valence-corrected chi connectivity index (χ4v) is 1.72. The number of hydrogen-bond acceptors (Lipinski definition) is 5. The monoisotopic (exact) mass is 281 g/mol. The van der Waals surface area contributed by atoms with Gasteiger partial charge in [0, 0.05) is 19.2 Å². The van der Waals surface area contributed by atoms with E-state index >= 15 is 0 Å². The lowest BCUT2D eigenvalue weighted by Gasteiger charge is -2.09. The molecule has 1 rings (SSSR count). The van der Waals surface area contributed by atoms with Crippen LogP contribution in [0.25, 0.3) is 0 Å². The van der Waals surface area contributed by atoms with Crippen molar-refractivity contribution in [2.24, 2.45) is 0 Å². The van der Waals surface area contributed by atoms with Crippen molar-refractivity contribution < 1.29 is 14.5 Å². The standard InChI is InChI=1S/C13H19N3O4/c1-3-7-14-8-9-15-13(17)10-5-4-6-11(16(18)19)12(10)20-2/h4-6,14H,3,7-9H2,1-2H3,(H,15,17). The van der Waals surface area contributed by atoms with Crippen molar-refractivity contribution in [1.29, 1.82) is 0 Å². The number of rotatable bonds is 8. The van der Waals surface area contributed by atoms with E-state index in [1.807, 2.05) is 0 Å². The molecule has 0 aliphatic rings. The Morgan fingerprint density at radius 2 is 2.10 bits per heavy atom. The van der Waals surface area contributed by atoms with Gasteiger partial charge in [-0.1, -0.05) is 13.0 Å². The molecule has 2 N–H and O–H groups in total. The van der Waals surface area contributed by atoms with E-state index < -0.39 is 4.92 Å². The smallest absolute Gasteiger partial charge is 0.311 e. The molecule has 0 atom stereocenters. The number of methoxy groups -OCH3 is 1. The lowest BCUT2D eigenvalue weighted by Crippen LogP contribution is -2.32. The van der Waals surface area contributed by atoms with Crippen LogP contribution in [0.4, 0.5) is 5.69 Å². The number of carbonyl (C=O) groups is 1. The summed E-state index contributed by atoms with van der Waals surface area (Å²) < 4.78 is 4.99. The Bertz CT molecular complexity index is 477. The summed E-state index contributed by atoms with van der Waals surface area (Å²) in [6.07, 6.45) is 1.02. The maximum Gasteiger partial charge on any atom is 0.311 e. The van der Waals surface area contributed by atoms with Crippen LogP contribution >= 0.6 is 0 Å². The van der Waals surface area contributed by atoms with E-state index in [1.54, 1.807) is 0 Å². The minimum Gasteiger partial charge on any atom is -0.490 e. The van der Waals surface area contributed by atoms with Gasteiger partial charge >= 0.3 is 5.69 Å². The Kier molecular flexibility index (Phi) is 6.45. The average molecular weight is 281 g/mol. The lowest BCUT2D eigenvalue weighted by atomic mass is 10.1. The molecule has 0 radical (unpaired) electrons. The average Bonchev–Trinajstić information content (AvgIpc) is 2.45.